The van der Waals surface area contributed by atoms with E-state index in [1.54, 1.807) is 13.2 Å². The average Bonchev–Trinajstić information content (AvgIpc) is 2.26. The number of aryl methyl sites for hydroxylation is 2. The number of nitrogen functional groups attached to an aromatic ring is 1. The van der Waals surface area contributed by atoms with E-state index in [0.717, 1.165) is 15.7 Å². The van der Waals surface area contributed by atoms with E-state index in [-0.39, 0.29) is 5.95 Å². The maximum absolute atomic E-state index is 5.61. The Bertz CT molecular complexity index is 554. The first-order chi connectivity index (χ1) is 8.56. The number of ether oxygens (including phenoxy) is 1. The van der Waals surface area contributed by atoms with Gasteiger partial charge in [0.25, 0.3) is 0 Å². The molecule has 0 amide bonds. The lowest BCUT2D eigenvalue weighted by Gasteiger charge is -2.05. The zero-order valence-electron chi connectivity index (χ0n) is 10.5. The van der Waals surface area contributed by atoms with Crippen LogP contribution >= 0.6 is 11.8 Å². The van der Waals surface area contributed by atoms with Crippen molar-refractivity contribution in [2.45, 2.75) is 23.9 Å². The molecule has 5 nitrogen and oxygen atoms in total. The Kier molecular flexibility index (Phi) is 3.66. The molecule has 0 saturated carbocycles. The molecule has 0 aliphatic carbocycles. The van der Waals surface area contributed by atoms with Gasteiger partial charge in [-0.15, -0.1) is 0 Å². The van der Waals surface area contributed by atoms with E-state index in [2.05, 4.69) is 15.0 Å². The van der Waals surface area contributed by atoms with E-state index >= 15 is 0 Å². The Morgan fingerprint density at radius 2 is 1.78 bits per heavy atom. The summed E-state index contributed by atoms with van der Waals surface area (Å²) in [5.74, 6) is 0.649. The van der Waals surface area contributed by atoms with Gasteiger partial charge in [0.1, 0.15) is 10.1 Å². The molecule has 0 aliphatic rings. The molecule has 0 saturated heterocycles. The highest BCUT2D eigenvalue weighted by Crippen LogP contribution is 2.27. The first kappa shape index (κ1) is 12.6. The normalized spacial score (nSPS) is 10.4. The molecular weight excluding hydrogens is 248 g/mol. The molecular formula is C12H14N4OS. The lowest BCUT2D eigenvalue weighted by atomic mass is 10.3. The third-order valence-corrected chi connectivity index (χ3v) is 3.03. The molecule has 0 fully saturated rings. The highest BCUT2D eigenvalue weighted by atomic mass is 32.2. The van der Waals surface area contributed by atoms with Crippen LogP contribution in [-0.4, -0.2) is 22.1 Å². The number of nitrogens with zero attached hydrogens (tertiary/aromatic N) is 3. The third kappa shape index (κ3) is 3.10. The monoisotopic (exact) mass is 262 g/mol. The number of pyridine rings is 1. The largest absolute Gasteiger partial charge is 0.481 e. The summed E-state index contributed by atoms with van der Waals surface area (Å²) in [7, 11) is 1.55. The van der Waals surface area contributed by atoms with Crippen molar-refractivity contribution in [2.24, 2.45) is 0 Å². The van der Waals surface area contributed by atoms with Crippen LogP contribution < -0.4 is 10.5 Å². The molecule has 2 aromatic heterocycles. The number of hydrogen-bond acceptors (Lipinski definition) is 6. The molecule has 2 aromatic rings. The van der Waals surface area contributed by atoms with Crippen LogP contribution in [0.25, 0.3) is 0 Å². The van der Waals surface area contributed by atoms with Gasteiger partial charge in [-0.25, -0.2) is 9.97 Å². The van der Waals surface area contributed by atoms with Gasteiger partial charge in [0.05, 0.1) is 7.11 Å². The van der Waals surface area contributed by atoms with E-state index in [1.807, 2.05) is 26.0 Å². The number of aromatic nitrogens is 3. The van der Waals surface area contributed by atoms with Crippen molar-refractivity contribution in [1.29, 1.82) is 0 Å². The summed E-state index contributed by atoms with van der Waals surface area (Å²) in [5, 5.41) is 1.60. The minimum Gasteiger partial charge on any atom is -0.481 e. The van der Waals surface area contributed by atoms with Crippen LogP contribution in [0.15, 0.2) is 28.3 Å². The highest BCUT2D eigenvalue weighted by Gasteiger charge is 2.06. The molecule has 0 spiro atoms. The van der Waals surface area contributed by atoms with Crippen molar-refractivity contribution >= 4 is 17.7 Å². The molecule has 0 bridgehead atoms. The van der Waals surface area contributed by atoms with E-state index < -0.39 is 0 Å². The summed E-state index contributed by atoms with van der Waals surface area (Å²) in [6, 6.07) is 5.77. The Morgan fingerprint density at radius 1 is 1.06 bits per heavy atom. The lowest BCUT2D eigenvalue weighted by molar-refractivity contribution is 0.396. The summed E-state index contributed by atoms with van der Waals surface area (Å²) in [6.07, 6.45) is 0. The van der Waals surface area contributed by atoms with Crippen LogP contribution in [-0.2, 0) is 0 Å². The van der Waals surface area contributed by atoms with Crippen molar-refractivity contribution < 1.29 is 4.74 Å². The number of hydrogen-bond donors (Lipinski definition) is 1. The minimum absolute atomic E-state index is 0.196. The van der Waals surface area contributed by atoms with Gasteiger partial charge in [-0.1, -0.05) is 0 Å². The zero-order chi connectivity index (χ0) is 13.1. The maximum atomic E-state index is 5.61. The van der Waals surface area contributed by atoms with Gasteiger partial charge in [0.15, 0.2) is 0 Å². The average molecular weight is 262 g/mol. The van der Waals surface area contributed by atoms with Gasteiger partial charge in [0, 0.05) is 11.8 Å². The smallest absolute Gasteiger partial charge is 0.224 e. The molecule has 6 heteroatoms. The zero-order valence-corrected chi connectivity index (χ0v) is 11.3. The van der Waals surface area contributed by atoms with Crippen LogP contribution in [0.5, 0.6) is 5.88 Å². The van der Waals surface area contributed by atoms with Gasteiger partial charge in [-0.3, -0.25) is 0 Å². The molecule has 0 unspecified atom stereocenters. The van der Waals surface area contributed by atoms with Gasteiger partial charge >= 0.3 is 0 Å². The Balaban J connectivity index is 2.30. The molecule has 0 atom stereocenters. The first-order valence-corrected chi connectivity index (χ1v) is 6.20. The van der Waals surface area contributed by atoms with Gasteiger partial charge in [-0.2, -0.15) is 4.98 Å². The predicted octanol–water partition coefficient (Wildman–Crippen LogP) is 2.23. The van der Waals surface area contributed by atoms with E-state index in [9.17, 15) is 0 Å². The summed E-state index contributed by atoms with van der Waals surface area (Å²) >= 11 is 1.44. The summed E-state index contributed by atoms with van der Waals surface area (Å²) in [6.45, 7) is 4.00. The molecule has 18 heavy (non-hydrogen) atoms. The summed E-state index contributed by atoms with van der Waals surface area (Å²) in [5.41, 5.74) is 7.76. The standard InChI is InChI=1S/C12H14N4OS/c1-7-4-8(2)14-10(5-7)18-11-6-9(17-3)15-12(13)16-11/h4-6H,1-3H3,(H2,13,15,16). The van der Waals surface area contributed by atoms with E-state index in [4.69, 9.17) is 10.5 Å². The third-order valence-electron chi connectivity index (χ3n) is 2.19. The molecule has 0 radical (unpaired) electrons. The van der Waals surface area contributed by atoms with Crippen LogP contribution in [0.1, 0.15) is 11.3 Å². The Labute approximate surface area is 110 Å². The minimum atomic E-state index is 0.196. The van der Waals surface area contributed by atoms with Crippen molar-refractivity contribution in [2.75, 3.05) is 12.8 Å². The molecule has 0 aliphatic heterocycles. The topological polar surface area (TPSA) is 73.9 Å². The number of anilines is 1. The molecule has 94 valence electrons. The fraction of sp³-hybridized carbons (Fsp3) is 0.250. The molecule has 2 N–H and O–H groups in total. The Morgan fingerprint density at radius 3 is 2.44 bits per heavy atom. The van der Waals surface area contributed by atoms with Gasteiger partial charge in [0.2, 0.25) is 11.8 Å². The number of nitrogens with two attached hydrogens (primary N) is 1. The van der Waals surface area contributed by atoms with E-state index in [1.165, 1.54) is 17.3 Å². The van der Waals surface area contributed by atoms with Crippen LogP contribution in [0.2, 0.25) is 0 Å². The van der Waals surface area contributed by atoms with Crippen LogP contribution in [0.4, 0.5) is 5.95 Å². The van der Waals surface area contributed by atoms with Crippen molar-refractivity contribution in [3.05, 3.63) is 29.5 Å². The van der Waals surface area contributed by atoms with Crippen LogP contribution in [0, 0.1) is 13.8 Å². The van der Waals surface area contributed by atoms with Crippen molar-refractivity contribution in [1.82, 2.24) is 15.0 Å². The maximum Gasteiger partial charge on any atom is 0.224 e. The lowest BCUT2D eigenvalue weighted by Crippen LogP contribution is -1.98. The van der Waals surface area contributed by atoms with Crippen molar-refractivity contribution in [3.8, 4) is 5.88 Å². The second-order valence-electron chi connectivity index (χ2n) is 3.83. The fourth-order valence-electron chi connectivity index (χ4n) is 1.54. The first-order valence-electron chi connectivity index (χ1n) is 5.38. The second-order valence-corrected chi connectivity index (χ2v) is 4.87. The summed E-state index contributed by atoms with van der Waals surface area (Å²) in [4.78, 5) is 12.5. The number of rotatable bonds is 3. The molecule has 0 aromatic carbocycles. The SMILES string of the molecule is COc1cc(Sc2cc(C)cc(C)n2)nc(N)n1. The number of methoxy groups -OCH3 is 1. The second kappa shape index (κ2) is 5.22. The highest BCUT2D eigenvalue weighted by molar-refractivity contribution is 7.99. The van der Waals surface area contributed by atoms with Crippen molar-refractivity contribution in [3.63, 3.8) is 0 Å². The summed E-state index contributed by atoms with van der Waals surface area (Å²) < 4.78 is 5.06. The Hall–Kier alpha value is -1.82. The molecule has 2 heterocycles. The quantitative estimate of drug-likeness (QED) is 0.855. The van der Waals surface area contributed by atoms with Crippen LogP contribution in [0.3, 0.4) is 0 Å². The predicted molar refractivity (Wildman–Crippen MR) is 70.8 cm³/mol. The van der Waals surface area contributed by atoms with Gasteiger partial charge < -0.3 is 10.5 Å². The van der Waals surface area contributed by atoms with E-state index in [0.29, 0.717) is 5.88 Å². The fourth-order valence-corrected chi connectivity index (χ4v) is 2.49. The van der Waals surface area contributed by atoms with Gasteiger partial charge in [-0.05, 0) is 43.3 Å². The molecule has 2 rings (SSSR count).